The second-order valence-electron chi connectivity index (χ2n) is 7.61. The largest absolute Gasteiger partial charge is 0.379 e. The van der Waals surface area contributed by atoms with Crippen LogP contribution >= 0.6 is 23.2 Å². The van der Waals surface area contributed by atoms with Gasteiger partial charge in [0.05, 0.1) is 13.2 Å². The molecule has 2 unspecified atom stereocenters. The number of hydrogen-bond donors (Lipinski definition) is 0. The molecule has 0 rings (SSSR count). The summed E-state index contributed by atoms with van der Waals surface area (Å²) in [5.41, 5.74) is 0. The summed E-state index contributed by atoms with van der Waals surface area (Å²) in [6.45, 7) is 7.39. The Kier molecular flexibility index (Phi) is 22.2. The Labute approximate surface area is 173 Å². The van der Waals surface area contributed by atoms with Crippen molar-refractivity contribution in [1.82, 2.24) is 0 Å². The van der Waals surface area contributed by atoms with E-state index in [-0.39, 0.29) is 0 Å². The highest BCUT2D eigenvalue weighted by atomic mass is 35.5. The van der Waals surface area contributed by atoms with Crippen LogP contribution in [0.15, 0.2) is 0 Å². The van der Waals surface area contributed by atoms with Crippen molar-refractivity contribution in [1.29, 1.82) is 0 Å². The van der Waals surface area contributed by atoms with Crippen molar-refractivity contribution in [2.75, 3.05) is 26.4 Å². The van der Waals surface area contributed by atoms with Crippen LogP contribution in [-0.4, -0.2) is 37.2 Å². The Morgan fingerprint density at radius 1 is 0.462 bits per heavy atom. The molecule has 0 aromatic rings. The SMILES string of the molecule is CC(Cl)CCCCCCCCOCCOCCCCCCCCC(C)Cl. The van der Waals surface area contributed by atoms with E-state index in [1.54, 1.807) is 0 Å². The van der Waals surface area contributed by atoms with Crippen molar-refractivity contribution >= 4 is 23.2 Å². The van der Waals surface area contributed by atoms with Gasteiger partial charge in [-0.15, -0.1) is 23.2 Å². The Hall–Kier alpha value is 0.500. The van der Waals surface area contributed by atoms with Crippen LogP contribution in [0.4, 0.5) is 0 Å². The topological polar surface area (TPSA) is 18.5 Å². The summed E-state index contributed by atoms with van der Waals surface area (Å²) in [5.74, 6) is 0. The van der Waals surface area contributed by atoms with E-state index in [4.69, 9.17) is 32.7 Å². The summed E-state index contributed by atoms with van der Waals surface area (Å²) in [6, 6.07) is 0. The van der Waals surface area contributed by atoms with Gasteiger partial charge in [-0.3, -0.25) is 0 Å². The maximum atomic E-state index is 5.94. The van der Waals surface area contributed by atoms with Gasteiger partial charge < -0.3 is 9.47 Å². The average molecular weight is 411 g/mol. The number of hydrogen-bond acceptors (Lipinski definition) is 2. The molecule has 2 nitrogen and oxygen atoms in total. The van der Waals surface area contributed by atoms with E-state index in [2.05, 4.69) is 13.8 Å². The monoisotopic (exact) mass is 410 g/mol. The summed E-state index contributed by atoms with van der Waals surface area (Å²) < 4.78 is 11.3. The van der Waals surface area contributed by atoms with Gasteiger partial charge >= 0.3 is 0 Å². The molecule has 0 amide bonds. The molecule has 0 bridgehead atoms. The summed E-state index contributed by atoms with van der Waals surface area (Å²) >= 11 is 11.9. The molecule has 0 spiro atoms. The first-order valence-electron chi connectivity index (χ1n) is 11.1. The van der Waals surface area contributed by atoms with Crippen LogP contribution in [0.3, 0.4) is 0 Å². The lowest BCUT2D eigenvalue weighted by atomic mass is 10.1. The minimum absolute atomic E-state index is 0.334. The molecule has 0 saturated heterocycles. The Morgan fingerprint density at radius 2 is 0.769 bits per heavy atom. The third-order valence-corrected chi connectivity index (χ3v) is 5.09. The van der Waals surface area contributed by atoms with Crippen LogP contribution < -0.4 is 0 Å². The Morgan fingerprint density at radius 3 is 1.12 bits per heavy atom. The molecule has 0 radical (unpaired) electrons. The fourth-order valence-corrected chi connectivity index (χ4v) is 3.30. The van der Waals surface area contributed by atoms with Crippen molar-refractivity contribution in [2.45, 2.75) is 114 Å². The van der Waals surface area contributed by atoms with E-state index in [0.717, 1.165) is 39.3 Å². The fraction of sp³-hybridized carbons (Fsp3) is 1.00. The van der Waals surface area contributed by atoms with Gasteiger partial charge in [-0.1, -0.05) is 64.2 Å². The van der Waals surface area contributed by atoms with E-state index in [0.29, 0.717) is 10.8 Å². The van der Waals surface area contributed by atoms with Crippen molar-refractivity contribution in [3.05, 3.63) is 0 Å². The molecule has 158 valence electrons. The first-order valence-corrected chi connectivity index (χ1v) is 11.9. The fourth-order valence-electron chi connectivity index (χ4n) is 3.00. The molecular weight excluding hydrogens is 367 g/mol. The van der Waals surface area contributed by atoms with Gasteiger partial charge in [0.2, 0.25) is 0 Å². The maximum Gasteiger partial charge on any atom is 0.0700 e. The molecule has 0 aliphatic heterocycles. The Balaban J connectivity index is 2.99. The van der Waals surface area contributed by atoms with Crippen molar-refractivity contribution in [3.63, 3.8) is 0 Å². The molecule has 0 saturated carbocycles. The van der Waals surface area contributed by atoms with Gasteiger partial charge in [-0.05, 0) is 39.5 Å². The second kappa shape index (κ2) is 21.8. The van der Waals surface area contributed by atoms with Crippen LogP contribution in [0, 0.1) is 0 Å². The normalized spacial score (nSPS) is 13.8. The van der Waals surface area contributed by atoms with Crippen molar-refractivity contribution in [3.8, 4) is 0 Å². The quantitative estimate of drug-likeness (QED) is 0.142. The van der Waals surface area contributed by atoms with Gasteiger partial charge in [-0.2, -0.15) is 0 Å². The smallest absolute Gasteiger partial charge is 0.0700 e. The van der Waals surface area contributed by atoms with E-state index in [9.17, 15) is 0 Å². The lowest BCUT2D eigenvalue weighted by Crippen LogP contribution is -2.06. The highest BCUT2D eigenvalue weighted by molar-refractivity contribution is 6.20. The van der Waals surface area contributed by atoms with Crippen LogP contribution in [0.2, 0.25) is 0 Å². The third-order valence-electron chi connectivity index (χ3n) is 4.65. The first kappa shape index (κ1) is 26.5. The minimum Gasteiger partial charge on any atom is -0.379 e. The number of ether oxygens (including phenoxy) is 2. The Bertz CT molecular complexity index is 235. The highest BCUT2D eigenvalue weighted by Crippen LogP contribution is 2.12. The molecule has 0 aromatic heterocycles. The molecule has 0 aromatic carbocycles. The van der Waals surface area contributed by atoms with E-state index < -0.39 is 0 Å². The zero-order chi connectivity index (χ0) is 19.3. The summed E-state index contributed by atoms with van der Waals surface area (Å²) in [5, 5.41) is 0.668. The van der Waals surface area contributed by atoms with Crippen LogP contribution in [0.1, 0.15) is 104 Å². The van der Waals surface area contributed by atoms with Crippen molar-refractivity contribution in [2.24, 2.45) is 0 Å². The minimum atomic E-state index is 0.334. The molecule has 2 atom stereocenters. The maximum absolute atomic E-state index is 5.94. The lowest BCUT2D eigenvalue weighted by Gasteiger charge is -2.07. The highest BCUT2D eigenvalue weighted by Gasteiger charge is 1.98. The predicted octanol–water partition coefficient (Wildman–Crippen LogP) is 7.74. The standard InChI is InChI=1S/C22H44Cl2O2/c1-21(23)15-11-7-3-5-9-13-17-25-19-20-26-18-14-10-6-4-8-12-16-22(2)24/h21-22H,3-20H2,1-2H3. The molecule has 0 aliphatic rings. The van der Waals surface area contributed by atoms with Crippen LogP contribution in [-0.2, 0) is 9.47 Å². The van der Waals surface area contributed by atoms with Crippen LogP contribution in [0.5, 0.6) is 0 Å². The number of alkyl halides is 2. The van der Waals surface area contributed by atoms with Gasteiger partial charge in [0.1, 0.15) is 0 Å². The average Bonchev–Trinajstić information content (AvgIpc) is 2.59. The van der Waals surface area contributed by atoms with Gasteiger partial charge in [-0.25, -0.2) is 0 Å². The molecule has 26 heavy (non-hydrogen) atoms. The summed E-state index contributed by atoms with van der Waals surface area (Å²) in [6.07, 6.45) is 17.7. The van der Waals surface area contributed by atoms with E-state index >= 15 is 0 Å². The molecule has 0 N–H and O–H groups in total. The predicted molar refractivity (Wildman–Crippen MR) is 117 cm³/mol. The molecule has 0 heterocycles. The third kappa shape index (κ3) is 24.5. The summed E-state index contributed by atoms with van der Waals surface area (Å²) in [7, 11) is 0. The number of unbranched alkanes of at least 4 members (excludes halogenated alkanes) is 10. The summed E-state index contributed by atoms with van der Waals surface area (Å²) in [4.78, 5) is 0. The van der Waals surface area contributed by atoms with Crippen LogP contribution in [0.25, 0.3) is 0 Å². The first-order chi connectivity index (χ1) is 12.6. The number of halogens is 2. The lowest BCUT2D eigenvalue weighted by molar-refractivity contribution is 0.0448. The van der Waals surface area contributed by atoms with E-state index in [1.807, 2.05) is 0 Å². The van der Waals surface area contributed by atoms with Gasteiger partial charge in [0.15, 0.2) is 0 Å². The molecule has 4 heteroatoms. The molecule has 0 fully saturated rings. The van der Waals surface area contributed by atoms with Gasteiger partial charge in [0, 0.05) is 24.0 Å². The van der Waals surface area contributed by atoms with Crippen molar-refractivity contribution < 1.29 is 9.47 Å². The zero-order valence-corrected chi connectivity index (χ0v) is 19.0. The zero-order valence-electron chi connectivity index (χ0n) is 17.5. The second-order valence-corrected chi connectivity index (χ2v) is 9.10. The van der Waals surface area contributed by atoms with Gasteiger partial charge in [0.25, 0.3) is 0 Å². The molecular formula is C22H44Cl2O2. The van der Waals surface area contributed by atoms with E-state index in [1.165, 1.54) is 77.0 Å². The number of rotatable bonds is 21. The molecule has 0 aliphatic carbocycles.